The SMILES string of the molecule is COc1cc(/C=C/C(=O)O[C@@H](C)C(=O)Nc2ccnn2C(C)C)ccc1OC(C)C. The predicted octanol–water partition coefficient (Wildman–Crippen LogP) is 3.84. The molecule has 1 heterocycles. The van der Waals surface area contributed by atoms with E-state index in [-0.39, 0.29) is 12.1 Å². The quantitative estimate of drug-likeness (QED) is 0.494. The number of carbonyl (C=O) groups excluding carboxylic acids is 2. The summed E-state index contributed by atoms with van der Waals surface area (Å²) >= 11 is 0. The summed E-state index contributed by atoms with van der Waals surface area (Å²) in [5.41, 5.74) is 0.734. The zero-order valence-corrected chi connectivity index (χ0v) is 18.2. The molecule has 8 nitrogen and oxygen atoms in total. The standard InChI is InChI=1S/C22H29N3O5/c1-14(2)25-20(11-12-23-25)24-22(27)16(5)30-21(26)10-8-17-7-9-18(29-15(3)4)19(13-17)28-6/h7-16H,1-6H3,(H,24,27)/b10-8+/t16-/m0/s1. The molecule has 30 heavy (non-hydrogen) atoms. The number of anilines is 1. The first-order valence-electron chi connectivity index (χ1n) is 9.79. The van der Waals surface area contributed by atoms with Gasteiger partial charge in [0.25, 0.3) is 5.91 Å². The van der Waals surface area contributed by atoms with Crippen molar-refractivity contribution in [1.82, 2.24) is 9.78 Å². The van der Waals surface area contributed by atoms with E-state index in [1.165, 1.54) is 13.0 Å². The van der Waals surface area contributed by atoms with Crippen LogP contribution in [0.4, 0.5) is 5.82 Å². The van der Waals surface area contributed by atoms with Crippen molar-refractivity contribution in [2.45, 2.75) is 52.9 Å². The van der Waals surface area contributed by atoms with Crippen LogP contribution in [0.25, 0.3) is 6.08 Å². The van der Waals surface area contributed by atoms with E-state index >= 15 is 0 Å². The minimum atomic E-state index is -0.964. The second-order valence-electron chi connectivity index (χ2n) is 7.23. The number of hydrogen-bond donors (Lipinski definition) is 1. The number of esters is 1. The normalized spacial score (nSPS) is 12.3. The molecule has 1 amide bonds. The van der Waals surface area contributed by atoms with Gasteiger partial charge in [-0.05, 0) is 58.4 Å². The Morgan fingerprint density at radius 1 is 1.10 bits per heavy atom. The smallest absolute Gasteiger partial charge is 0.331 e. The molecule has 0 aliphatic heterocycles. The van der Waals surface area contributed by atoms with Crippen molar-refractivity contribution in [3.8, 4) is 11.5 Å². The van der Waals surface area contributed by atoms with Gasteiger partial charge in [-0.25, -0.2) is 9.48 Å². The lowest BCUT2D eigenvalue weighted by atomic mass is 10.2. The summed E-state index contributed by atoms with van der Waals surface area (Å²) in [6.45, 7) is 9.27. The van der Waals surface area contributed by atoms with Gasteiger partial charge in [0.1, 0.15) is 5.82 Å². The predicted molar refractivity (Wildman–Crippen MR) is 115 cm³/mol. The van der Waals surface area contributed by atoms with Gasteiger partial charge in [-0.2, -0.15) is 5.10 Å². The highest BCUT2D eigenvalue weighted by atomic mass is 16.5. The molecule has 0 aliphatic rings. The second-order valence-corrected chi connectivity index (χ2v) is 7.23. The summed E-state index contributed by atoms with van der Waals surface area (Å²) in [7, 11) is 1.55. The molecule has 0 saturated carbocycles. The molecule has 8 heteroatoms. The van der Waals surface area contributed by atoms with E-state index in [2.05, 4.69) is 10.4 Å². The first-order valence-corrected chi connectivity index (χ1v) is 9.79. The summed E-state index contributed by atoms with van der Waals surface area (Å²) in [4.78, 5) is 24.4. The molecule has 0 bridgehead atoms. The number of nitrogens with zero attached hydrogens (tertiary/aromatic N) is 2. The fourth-order valence-corrected chi connectivity index (χ4v) is 2.62. The maximum absolute atomic E-state index is 12.3. The molecule has 0 unspecified atom stereocenters. The summed E-state index contributed by atoms with van der Waals surface area (Å²) in [6, 6.07) is 7.10. The number of carbonyl (C=O) groups is 2. The van der Waals surface area contributed by atoms with Crippen molar-refractivity contribution in [1.29, 1.82) is 0 Å². The van der Waals surface area contributed by atoms with E-state index in [0.717, 1.165) is 5.56 Å². The number of nitrogens with one attached hydrogen (secondary N) is 1. The Morgan fingerprint density at radius 3 is 2.47 bits per heavy atom. The van der Waals surface area contributed by atoms with Crippen LogP contribution in [-0.2, 0) is 14.3 Å². The van der Waals surface area contributed by atoms with Crippen LogP contribution in [-0.4, -0.2) is 41.0 Å². The molecule has 0 spiro atoms. The Bertz CT molecular complexity index is 902. The minimum absolute atomic E-state index is 0.0158. The molecule has 0 saturated heterocycles. The maximum Gasteiger partial charge on any atom is 0.331 e. The van der Waals surface area contributed by atoms with Crippen molar-refractivity contribution in [2.24, 2.45) is 0 Å². The average Bonchev–Trinajstić information content (AvgIpc) is 3.15. The molecular weight excluding hydrogens is 386 g/mol. The number of methoxy groups -OCH3 is 1. The van der Waals surface area contributed by atoms with Crippen LogP contribution in [0.2, 0.25) is 0 Å². The molecule has 2 aromatic rings. The highest BCUT2D eigenvalue weighted by molar-refractivity contribution is 5.96. The number of hydrogen-bond acceptors (Lipinski definition) is 6. The van der Waals surface area contributed by atoms with Crippen LogP contribution in [0.15, 0.2) is 36.5 Å². The molecule has 1 N–H and O–H groups in total. The van der Waals surface area contributed by atoms with E-state index in [1.807, 2.05) is 27.7 Å². The Kier molecular flexibility index (Phi) is 8.03. The van der Waals surface area contributed by atoms with Crippen molar-refractivity contribution in [3.63, 3.8) is 0 Å². The molecule has 1 aromatic heterocycles. The molecular formula is C22H29N3O5. The highest BCUT2D eigenvalue weighted by Crippen LogP contribution is 2.29. The first-order chi connectivity index (χ1) is 14.2. The van der Waals surface area contributed by atoms with Crippen LogP contribution < -0.4 is 14.8 Å². The Labute approximate surface area is 176 Å². The van der Waals surface area contributed by atoms with Gasteiger partial charge >= 0.3 is 5.97 Å². The minimum Gasteiger partial charge on any atom is -0.493 e. The third kappa shape index (κ3) is 6.37. The van der Waals surface area contributed by atoms with Crippen LogP contribution in [0.3, 0.4) is 0 Å². The van der Waals surface area contributed by atoms with Gasteiger partial charge in [0, 0.05) is 18.2 Å². The Morgan fingerprint density at radius 2 is 1.83 bits per heavy atom. The Balaban J connectivity index is 1.96. The molecule has 1 atom stereocenters. The molecule has 2 rings (SSSR count). The number of amides is 1. The molecule has 0 aliphatic carbocycles. The lowest BCUT2D eigenvalue weighted by molar-refractivity contribution is -0.148. The van der Waals surface area contributed by atoms with E-state index in [4.69, 9.17) is 14.2 Å². The van der Waals surface area contributed by atoms with E-state index < -0.39 is 18.0 Å². The average molecular weight is 415 g/mol. The van der Waals surface area contributed by atoms with Crippen LogP contribution in [0.1, 0.15) is 46.2 Å². The van der Waals surface area contributed by atoms with Crippen LogP contribution in [0, 0.1) is 0 Å². The number of rotatable bonds is 9. The molecule has 1 aromatic carbocycles. The molecule has 162 valence electrons. The van der Waals surface area contributed by atoms with Crippen molar-refractivity contribution in [2.75, 3.05) is 12.4 Å². The fourth-order valence-electron chi connectivity index (χ4n) is 2.62. The van der Waals surface area contributed by atoms with Gasteiger partial charge in [-0.3, -0.25) is 4.79 Å². The zero-order chi connectivity index (χ0) is 22.3. The lowest BCUT2D eigenvalue weighted by Gasteiger charge is -2.15. The summed E-state index contributed by atoms with van der Waals surface area (Å²) in [6.07, 6.45) is 3.50. The van der Waals surface area contributed by atoms with Gasteiger partial charge in [0.05, 0.1) is 19.4 Å². The zero-order valence-electron chi connectivity index (χ0n) is 18.2. The van der Waals surface area contributed by atoms with Gasteiger partial charge in [0.15, 0.2) is 17.6 Å². The summed E-state index contributed by atoms with van der Waals surface area (Å²) in [5.74, 6) is 0.670. The fraction of sp³-hybridized carbons (Fsp3) is 0.409. The first kappa shape index (κ1) is 23.0. The topological polar surface area (TPSA) is 91.7 Å². The summed E-state index contributed by atoms with van der Waals surface area (Å²) in [5, 5.41) is 6.87. The third-order valence-electron chi connectivity index (χ3n) is 4.04. The van der Waals surface area contributed by atoms with E-state index in [1.54, 1.807) is 48.3 Å². The van der Waals surface area contributed by atoms with Crippen LogP contribution in [0.5, 0.6) is 11.5 Å². The molecule has 0 fully saturated rings. The van der Waals surface area contributed by atoms with E-state index in [0.29, 0.717) is 17.3 Å². The van der Waals surface area contributed by atoms with Crippen molar-refractivity contribution in [3.05, 3.63) is 42.1 Å². The monoisotopic (exact) mass is 415 g/mol. The summed E-state index contributed by atoms with van der Waals surface area (Å²) < 4.78 is 17.9. The van der Waals surface area contributed by atoms with E-state index in [9.17, 15) is 9.59 Å². The largest absolute Gasteiger partial charge is 0.493 e. The van der Waals surface area contributed by atoms with Gasteiger partial charge < -0.3 is 19.5 Å². The third-order valence-corrected chi connectivity index (χ3v) is 4.04. The molecule has 0 radical (unpaired) electrons. The van der Waals surface area contributed by atoms with Gasteiger partial charge in [-0.1, -0.05) is 6.07 Å². The number of benzene rings is 1. The lowest BCUT2D eigenvalue weighted by Crippen LogP contribution is -2.30. The maximum atomic E-state index is 12.3. The van der Waals surface area contributed by atoms with Crippen molar-refractivity contribution >= 4 is 23.8 Å². The van der Waals surface area contributed by atoms with Crippen LogP contribution >= 0.6 is 0 Å². The van der Waals surface area contributed by atoms with Crippen molar-refractivity contribution < 1.29 is 23.8 Å². The van der Waals surface area contributed by atoms with Gasteiger partial charge in [-0.15, -0.1) is 0 Å². The Hall–Kier alpha value is -3.29. The number of aromatic nitrogens is 2. The second kappa shape index (κ2) is 10.5. The highest BCUT2D eigenvalue weighted by Gasteiger charge is 2.19. The van der Waals surface area contributed by atoms with Gasteiger partial charge in [0.2, 0.25) is 0 Å². The number of ether oxygens (including phenoxy) is 3.